The van der Waals surface area contributed by atoms with Crippen molar-refractivity contribution < 1.29 is 112 Å². The summed E-state index contributed by atoms with van der Waals surface area (Å²) < 4.78 is 129. The molecule has 0 bridgehead atoms. The lowest BCUT2D eigenvalue weighted by Gasteiger charge is -2.23. The highest BCUT2D eigenvalue weighted by molar-refractivity contribution is 8.13. The van der Waals surface area contributed by atoms with Gasteiger partial charge in [0.1, 0.15) is 74.2 Å². The van der Waals surface area contributed by atoms with Crippen molar-refractivity contribution in [3.63, 3.8) is 0 Å². The first-order valence-electron chi connectivity index (χ1n) is 42.7. The number of carbonyl (C=O) groups excluding carboxylic acids is 6. The molecule has 13 rings (SSSR count). The molecule has 0 spiro atoms. The van der Waals surface area contributed by atoms with Crippen LogP contribution in [0.3, 0.4) is 0 Å². The molecule has 0 fully saturated rings. The van der Waals surface area contributed by atoms with Crippen LogP contribution in [0, 0.1) is 0 Å². The Morgan fingerprint density at radius 3 is 1.13 bits per heavy atom. The van der Waals surface area contributed by atoms with Gasteiger partial charge >= 0.3 is 48.1 Å². The number of carbonyl (C=O) groups is 6. The Morgan fingerprint density at radius 2 is 0.816 bits per heavy atom. The van der Waals surface area contributed by atoms with Crippen molar-refractivity contribution in [1.82, 2.24) is 108 Å². The largest absolute Gasteiger partial charge is 0.465 e. The van der Waals surface area contributed by atoms with Gasteiger partial charge in [-0.1, -0.05) is 73.3 Å². The third-order valence-electron chi connectivity index (χ3n) is 18.4. The standard InChI is InChI=1S/C21H29N6O6P.C19H25N6O6P.C16H24N5O7PS2.C14H18N5O7P.C9H11N5O3/c1-3-4-11-32-20(29)15(2)26-34(30,33-16-8-6-5-7-9-16)14-31-12-10-27-13-23-17-18(27)24-21(22)25-19(17)28;1-3-30-18(27)13(2)24-32(28,31-14-7-5-4-6-8-14)12-29-10-9-25-11-21-15-16(25)22-19(20)23-17(15)26;1-11(22)30-7-5-27-29(25,28-6-8-31-12(2)23)10-26-4-3-21-9-18-13-14(21)19-16(17)20-15(13)24;1-8-4-10(20)26-9(8)5-25-27(22,23)7-24-3-2-19-6-16-11-12(19)17-14(15)18-13(11)21;10-9-12-7-6(8(16)13-9)11-5-14(7)1-3-17-4-2-15/h5-9,13,15H,3-4,10-12,14H2,1-2H3,(H,26,30)(H3,22,24,25,28);4-8,11,13H,3,9-10,12H2,1-2H3,(H,24,28)(H3,20,22,23,26);9H,3-8,10H2,1-2H3,(H3,17,19,20,24);6H,2-5,7H2,1H3,(H,22,23)(H3,15,17,18,21);2,5H,1,3-4H2,(H3,10,12,13,16). The number of aromatic nitrogens is 20. The molecule has 0 aliphatic carbocycles. The average molecular weight is 2090 g/mol. The zero-order chi connectivity index (χ0) is 102. The van der Waals surface area contributed by atoms with E-state index in [0.717, 1.165) is 36.4 Å². The van der Waals surface area contributed by atoms with Crippen molar-refractivity contribution in [3.8, 4) is 11.5 Å². The van der Waals surface area contributed by atoms with Gasteiger partial charge in [0.15, 0.2) is 66.0 Å². The summed E-state index contributed by atoms with van der Waals surface area (Å²) in [5, 5.41) is 5.30. The predicted octanol–water partition coefficient (Wildman–Crippen LogP) is 4.24. The van der Waals surface area contributed by atoms with E-state index in [-0.39, 0.29) is 196 Å². The van der Waals surface area contributed by atoms with E-state index in [4.69, 9.17) is 89.2 Å². The molecule has 0 amide bonds. The van der Waals surface area contributed by atoms with E-state index in [9.17, 15) is 75.9 Å². The van der Waals surface area contributed by atoms with Crippen LogP contribution in [0.25, 0.3) is 55.8 Å². The van der Waals surface area contributed by atoms with Gasteiger partial charge in [0, 0.05) is 58.1 Å². The number of nitrogens with one attached hydrogen (secondary N) is 7. The highest BCUT2D eigenvalue weighted by atomic mass is 32.2. The number of fused-ring (bicyclic) bond motifs is 5. The fourth-order valence-electron chi connectivity index (χ4n) is 12.0. The number of H-pyrrole nitrogens is 5. The number of nitrogens with zero attached hydrogens (tertiary/aromatic N) is 15. The zero-order valence-corrected chi connectivity index (χ0v) is 82.4. The quantitative estimate of drug-likeness (QED) is 0.00833. The second-order valence-corrected chi connectivity index (χ2v) is 40.0. The maximum absolute atomic E-state index is 13.5. The summed E-state index contributed by atoms with van der Waals surface area (Å²) in [5.41, 5.74) is 28.7. The van der Waals surface area contributed by atoms with Gasteiger partial charge in [-0.3, -0.25) is 95.6 Å². The fourth-order valence-corrected chi connectivity index (χ4v) is 18.6. The first-order chi connectivity index (χ1) is 67.3. The van der Waals surface area contributed by atoms with Crippen molar-refractivity contribution in [2.45, 2.75) is 113 Å². The number of rotatable bonds is 50. The SMILES string of the molecule is CC(=O)SCCOP(=O)(COCCn1cnc2c(=O)[nH]c(N)nc21)OCCSC(C)=O.CC1=C(COP(=O)(O)COCCn2cnc3c(=O)[nH]c(N)nc32)OC(=O)C1.CCCCOC(=O)C(C)NP(=O)(COCCn1cnc2c(=O)[nH]c(N)nc21)Oc1ccccc1.CCOC(=O)C(C)NP(=O)(COCCn1cnc2c(=O)[nH]c(N)nc21)Oc1ccccc1.Nc1nc2c(ncn2CCOCC=O)c(=O)[nH]1. The lowest BCUT2D eigenvalue weighted by molar-refractivity contribution is -0.145. The van der Waals surface area contributed by atoms with Crippen molar-refractivity contribution >= 4 is 174 Å². The highest BCUT2D eigenvalue weighted by Gasteiger charge is 2.34. The molecular formula is C79H107N27O29P4S2. The van der Waals surface area contributed by atoms with Crippen LogP contribution >= 0.6 is 53.8 Å². The van der Waals surface area contributed by atoms with Crippen molar-refractivity contribution in [1.29, 1.82) is 0 Å². The number of anilines is 5. The minimum absolute atomic E-state index is 0.0232. The van der Waals surface area contributed by atoms with Crippen LogP contribution in [0.15, 0.2) is 128 Å². The monoisotopic (exact) mass is 2090 g/mol. The smallest absolute Gasteiger partial charge is 0.356 e. The molecule has 0 saturated heterocycles. The number of hydrogen-bond acceptors (Lipinski definition) is 45. The average Bonchev–Trinajstić information content (AvgIpc) is 1.69. The van der Waals surface area contributed by atoms with Gasteiger partial charge in [0.2, 0.25) is 29.7 Å². The second-order valence-electron chi connectivity index (χ2n) is 29.6. The zero-order valence-electron chi connectivity index (χ0n) is 77.1. The molecule has 62 heteroatoms. The number of imidazole rings is 5. The summed E-state index contributed by atoms with van der Waals surface area (Å²) in [7, 11) is -14.9. The summed E-state index contributed by atoms with van der Waals surface area (Å²) in [4.78, 5) is 188. The molecule has 141 heavy (non-hydrogen) atoms. The van der Waals surface area contributed by atoms with Crippen molar-refractivity contribution in [3.05, 3.63) is 155 Å². The minimum atomic E-state index is -4.02. The maximum atomic E-state index is 13.5. The second kappa shape index (κ2) is 54.8. The summed E-state index contributed by atoms with van der Waals surface area (Å²) in [6.45, 7) is 13.8. The molecule has 10 aromatic heterocycles. The van der Waals surface area contributed by atoms with Gasteiger partial charge in [0.05, 0.1) is 97.5 Å². The molecular weight excluding hydrogens is 1980 g/mol. The van der Waals surface area contributed by atoms with Crippen molar-refractivity contribution in [2.24, 2.45) is 0 Å². The number of cyclic esters (lactones) is 1. The fraction of sp³-hybridized carbons (Fsp3) is 0.430. The number of thioether (sulfide) groups is 2. The molecule has 18 N–H and O–H groups in total. The predicted molar refractivity (Wildman–Crippen MR) is 515 cm³/mol. The Balaban J connectivity index is 0.000000199. The number of para-hydroxylation sites is 2. The van der Waals surface area contributed by atoms with Gasteiger partial charge in [-0.15, -0.1) is 0 Å². The summed E-state index contributed by atoms with van der Waals surface area (Å²) in [6, 6.07) is 15.4. The number of hydrogen-bond donors (Lipinski definition) is 13. The molecule has 1 aliphatic heterocycles. The maximum Gasteiger partial charge on any atom is 0.356 e. The lowest BCUT2D eigenvalue weighted by atomic mass is 10.2. The molecule has 2 aromatic carbocycles. The van der Waals surface area contributed by atoms with Gasteiger partial charge in [-0.25, -0.2) is 35.1 Å². The van der Waals surface area contributed by atoms with E-state index in [1.165, 1.54) is 57.0 Å². The topological polar surface area (TPSA) is 783 Å². The third-order valence-corrected chi connectivity index (χ3v) is 26.3. The highest BCUT2D eigenvalue weighted by Crippen LogP contribution is 2.49. The molecule has 0 saturated carbocycles. The van der Waals surface area contributed by atoms with Crippen LogP contribution in [-0.2, 0) is 131 Å². The molecule has 12 aromatic rings. The summed E-state index contributed by atoms with van der Waals surface area (Å²) >= 11 is 2.10. The van der Waals surface area contributed by atoms with Crippen molar-refractivity contribution in [2.75, 3.05) is 138 Å². The number of nitrogen functional groups attached to an aromatic ring is 5. The first-order valence-corrected chi connectivity index (χ1v) is 51.8. The number of ether oxygens (including phenoxy) is 8. The number of aldehydes is 1. The van der Waals surface area contributed by atoms with Gasteiger partial charge < -0.3 is 117 Å². The van der Waals surface area contributed by atoms with Crippen LogP contribution < -0.4 is 75.7 Å². The molecule has 764 valence electrons. The third kappa shape index (κ3) is 35.7. The molecule has 11 heterocycles. The normalized spacial score (nSPS) is 13.7. The van der Waals surface area contributed by atoms with E-state index in [0.29, 0.717) is 77.2 Å². The summed E-state index contributed by atoms with van der Waals surface area (Å²) in [5.74, 6) is 0.0535. The summed E-state index contributed by atoms with van der Waals surface area (Å²) in [6.07, 6.45) is 8.17. The van der Waals surface area contributed by atoms with E-state index >= 15 is 0 Å². The van der Waals surface area contributed by atoms with E-state index in [1.807, 2.05) is 6.92 Å². The van der Waals surface area contributed by atoms with Gasteiger partial charge in [0.25, 0.3) is 27.8 Å². The molecule has 0 radical (unpaired) electrons. The number of unbranched alkanes of at least 4 members (excludes halogenated alkanes) is 1. The minimum Gasteiger partial charge on any atom is -0.465 e. The molecule has 1 aliphatic rings. The number of benzene rings is 2. The Bertz CT molecular complexity index is 6790. The number of esters is 3. The van der Waals surface area contributed by atoms with E-state index < -0.39 is 88.8 Å². The Kier molecular flexibility index (Phi) is 43.4. The van der Waals surface area contributed by atoms with E-state index in [1.54, 1.807) is 99.7 Å². The number of aromatic amines is 5. The molecule has 56 nitrogen and oxygen atoms in total. The first kappa shape index (κ1) is 112. The Morgan fingerprint density at radius 1 is 0.482 bits per heavy atom. The van der Waals surface area contributed by atoms with Crippen LogP contribution in [0.4, 0.5) is 29.7 Å². The lowest BCUT2D eigenvalue weighted by Crippen LogP contribution is -2.35. The van der Waals surface area contributed by atoms with Crippen LogP contribution in [0.1, 0.15) is 67.7 Å². The van der Waals surface area contributed by atoms with Crippen LogP contribution in [0.2, 0.25) is 0 Å². The van der Waals surface area contributed by atoms with E-state index in [2.05, 4.69) is 84.9 Å². The van der Waals surface area contributed by atoms with Gasteiger partial charge in [-0.05, 0) is 64.0 Å². The molecule has 5 atom stereocenters. The van der Waals surface area contributed by atoms with Crippen LogP contribution in [-0.4, -0.2) is 259 Å². The number of nitrogens with two attached hydrogens (primary N) is 5. The van der Waals surface area contributed by atoms with Crippen LogP contribution in [0.5, 0.6) is 11.5 Å². The Hall–Kier alpha value is -12.9. The van der Waals surface area contributed by atoms with Gasteiger partial charge in [-0.2, -0.15) is 24.9 Å². The Labute approximate surface area is 807 Å². The molecule has 5 unspecified atom stereocenters.